The predicted molar refractivity (Wildman–Crippen MR) is 72.8 cm³/mol. The van der Waals surface area contributed by atoms with Crippen LogP contribution in [0.15, 0.2) is 18.2 Å². The van der Waals surface area contributed by atoms with Crippen LogP contribution in [0.1, 0.15) is 12.0 Å². The van der Waals surface area contributed by atoms with E-state index in [1.807, 2.05) is 18.2 Å². The van der Waals surface area contributed by atoms with Crippen molar-refractivity contribution in [3.8, 4) is 11.5 Å². The lowest BCUT2D eigenvalue weighted by Gasteiger charge is -2.11. The molecule has 1 aliphatic rings. The monoisotopic (exact) mass is 278 g/mol. The van der Waals surface area contributed by atoms with Crippen molar-refractivity contribution in [2.24, 2.45) is 0 Å². The molecule has 2 N–H and O–H groups in total. The van der Waals surface area contributed by atoms with E-state index in [0.717, 1.165) is 12.0 Å². The number of amides is 2. The largest absolute Gasteiger partial charge is 0.493 e. The number of rotatable bonds is 6. The Morgan fingerprint density at radius 2 is 2.00 bits per heavy atom. The van der Waals surface area contributed by atoms with Gasteiger partial charge >= 0.3 is 0 Å². The van der Waals surface area contributed by atoms with Gasteiger partial charge in [-0.25, -0.2) is 0 Å². The Balaban J connectivity index is 1.88. The van der Waals surface area contributed by atoms with E-state index in [1.54, 1.807) is 14.2 Å². The molecule has 1 atom stereocenters. The highest BCUT2D eigenvalue weighted by Gasteiger charge is 2.29. The molecule has 1 aromatic carbocycles. The smallest absolute Gasteiger partial charge is 0.244 e. The zero-order valence-corrected chi connectivity index (χ0v) is 11.6. The van der Waals surface area contributed by atoms with Crippen molar-refractivity contribution < 1.29 is 19.1 Å². The summed E-state index contributed by atoms with van der Waals surface area (Å²) in [5, 5.41) is 5.34. The SMILES string of the molecule is COc1ccc(CCNC2CC(=O)NC2=O)cc1OC. The Kier molecular flexibility index (Phi) is 4.57. The maximum atomic E-state index is 11.4. The van der Waals surface area contributed by atoms with E-state index in [4.69, 9.17) is 9.47 Å². The number of methoxy groups -OCH3 is 2. The van der Waals surface area contributed by atoms with Crippen LogP contribution in [0.3, 0.4) is 0 Å². The minimum absolute atomic E-state index is 0.213. The van der Waals surface area contributed by atoms with Crippen molar-refractivity contribution in [2.75, 3.05) is 20.8 Å². The lowest BCUT2D eigenvalue weighted by atomic mass is 10.1. The number of ether oxygens (including phenoxy) is 2. The molecule has 6 heteroatoms. The molecule has 0 aromatic heterocycles. The second kappa shape index (κ2) is 6.38. The third-order valence-corrected chi connectivity index (χ3v) is 3.22. The van der Waals surface area contributed by atoms with Gasteiger partial charge in [-0.15, -0.1) is 0 Å². The van der Waals surface area contributed by atoms with Gasteiger partial charge in [0.1, 0.15) is 0 Å². The van der Waals surface area contributed by atoms with Gasteiger partial charge in [0.2, 0.25) is 11.8 Å². The van der Waals surface area contributed by atoms with Crippen molar-refractivity contribution in [1.29, 1.82) is 0 Å². The van der Waals surface area contributed by atoms with Crippen LogP contribution < -0.4 is 20.1 Å². The van der Waals surface area contributed by atoms with Crippen LogP contribution in [-0.2, 0) is 16.0 Å². The molecule has 2 rings (SSSR count). The highest BCUT2D eigenvalue weighted by atomic mass is 16.5. The van der Waals surface area contributed by atoms with Crippen molar-refractivity contribution in [3.05, 3.63) is 23.8 Å². The van der Waals surface area contributed by atoms with Crippen molar-refractivity contribution in [1.82, 2.24) is 10.6 Å². The fourth-order valence-electron chi connectivity index (χ4n) is 2.15. The average molecular weight is 278 g/mol. The molecule has 20 heavy (non-hydrogen) atoms. The Morgan fingerprint density at radius 3 is 2.60 bits per heavy atom. The molecule has 1 saturated heterocycles. The third-order valence-electron chi connectivity index (χ3n) is 3.22. The summed E-state index contributed by atoms with van der Waals surface area (Å²) >= 11 is 0. The molecule has 0 aliphatic carbocycles. The minimum atomic E-state index is -0.414. The quantitative estimate of drug-likeness (QED) is 0.730. The lowest BCUT2D eigenvalue weighted by Crippen LogP contribution is -2.37. The van der Waals surface area contributed by atoms with Gasteiger partial charge in [-0.05, 0) is 30.7 Å². The van der Waals surface area contributed by atoms with Crippen LogP contribution >= 0.6 is 0 Å². The maximum absolute atomic E-state index is 11.4. The fraction of sp³-hybridized carbons (Fsp3) is 0.429. The molecule has 1 aliphatic heterocycles. The Labute approximate surface area is 117 Å². The Hall–Kier alpha value is -2.08. The first-order chi connectivity index (χ1) is 9.63. The number of carbonyl (C=O) groups excluding carboxylic acids is 2. The standard InChI is InChI=1S/C14H18N2O4/c1-19-11-4-3-9(7-12(11)20-2)5-6-15-10-8-13(17)16-14(10)18/h3-4,7,10,15H,5-6,8H2,1-2H3,(H,16,17,18). The number of imide groups is 1. The van der Waals surface area contributed by atoms with E-state index in [0.29, 0.717) is 18.0 Å². The van der Waals surface area contributed by atoms with Gasteiger partial charge in [0.15, 0.2) is 11.5 Å². The first-order valence-corrected chi connectivity index (χ1v) is 6.42. The van der Waals surface area contributed by atoms with Gasteiger partial charge in [0, 0.05) is 0 Å². The number of carbonyl (C=O) groups is 2. The van der Waals surface area contributed by atoms with Crippen molar-refractivity contribution in [3.63, 3.8) is 0 Å². The normalized spacial score (nSPS) is 18.0. The molecule has 0 bridgehead atoms. The van der Waals surface area contributed by atoms with Crippen molar-refractivity contribution >= 4 is 11.8 Å². The molecule has 1 fully saturated rings. The summed E-state index contributed by atoms with van der Waals surface area (Å²) in [4.78, 5) is 22.4. The zero-order valence-electron chi connectivity index (χ0n) is 11.6. The second-order valence-corrected chi connectivity index (χ2v) is 4.56. The van der Waals surface area contributed by atoms with E-state index in [-0.39, 0.29) is 18.2 Å². The van der Waals surface area contributed by atoms with E-state index in [1.165, 1.54) is 0 Å². The third kappa shape index (κ3) is 3.27. The lowest BCUT2D eigenvalue weighted by molar-refractivity contribution is -0.125. The topological polar surface area (TPSA) is 76.7 Å². The summed E-state index contributed by atoms with van der Waals surface area (Å²) in [5.41, 5.74) is 1.07. The number of benzene rings is 1. The number of nitrogens with one attached hydrogen (secondary N) is 2. The summed E-state index contributed by atoms with van der Waals surface area (Å²) < 4.78 is 10.4. The van der Waals surface area contributed by atoms with Crippen LogP contribution in [0.2, 0.25) is 0 Å². The van der Waals surface area contributed by atoms with Gasteiger partial charge in [0.05, 0.1) is 26.7 Å². The zero-order chi connectivity index (χ0) is 14.5. The van der Waals surface area contributed by atoms with Gasteiger partial charge in [0.25, 0.3) is 0 Å². The first kappa shape index (κ1) is 14.3. The molecule has 2 amide bonds. The summed E-state index contributed by atoms with van der Waals surface area (Å²) in [6.45, 7) is 0.612. The number of hydrogen-bond acceptors (Lipinski definition) is 5. The molecule has 0 saturated carbocycles. The Bertz CT molecular complexity index is 516. The molecule has 1 heterocycles. The van der Waals surface area contributed by atoms with Gasteiger partial charge in [-0.3, -0.25) is 14.9 Å². The van der Waals surface area contributed by atoms with Gasteiger partial charge in [-0.1, -0.05) is 6.07 Å². The van der Waals surface area contributed by atoms with Crippen LogP contribution in [0.25, 0.3) is 0 Å². The molecular weight excluding hydrogens is 260 g/mol. The molecule has 6 nitrogen and oxygen atoms in total. The Morgan fingerprint density at radius 1 is 1.25 bits per heavy atom. The van der Waals surface area contributed by atoms with E-state index in [2.05, 4.69) is 10.6 Å². The van der Waals surface area contributed by atoms with Crippen LogP contribution in [0, 0.1) is 0 Å². The summed E-state index contributed by atoms with van der Waals surface area (Å²) in [5.74, 6) is 0.893. The minimum Gasteiger partial charge on any atom is -0.493 e. The van der Waals surface area contributed by atoms with E-state index in [9.17, 15) is 9.59 Å². The van der Waals surface area contributed by atoms with E-state index >= 15 is 0 Å². The average Bonchev–Trinajstić information content (AvgIpc) is 2.77. The molecular formula is C14H18N2O4. The van der Waals surface area contributed by atoms with Crippen molar-refractivity contribution in [2.45, 2.75) is 18.9 Å². The second-order valence-electron chi connectivity index (χ2n) is 4.56. The highest BCUT2D eigenvalue weighted by molar-refractivity contribution is 6.05. The maximum Gasteiger partial charge on any atom is 0.244 e. The number of hydrogen-bond donors (Lipinski definition) is 2. The molecule has 108 valence electrons. The fourth-order valence-corrected chi connectivity index (χ4v) is 2.15. The first-order valence-electron chi connectivity index (χ1n) is 6.42. The highest BCUT2D eigenvalue weighted by Crippen LogP contribution is 2.27. The van der Waals surface area contributed by atoms with E-state index < -0.39 is 6.04 Å². The molecule has 1 unspecified atom stereocenters. The molecule has 0 radical (unpaired) electrons. The van der Waals surface area contributed by atoms with Crippen LogP contribution in [0.5, 0.6) is 11.5 Å². The summed E-state index contributed by atoms with van der Waals surface area (Å²) in [7, 11) is 3.18. The van der Waals surface area contributed by atoms with Crippen LogP contribution in [-0.4, -0.2) is 38.6 Å². The predicted octanol–water partition coefficient (Wildman–Crippen LogP) is 0.251. The molecule has 0 spiro atoms. The molecule has 1 aromatic rings. The summed E-state index contributed by atoms with van der Waals surface area (Å²) in [6.07, 6.45) is 0.948. The summed E-state index contributed by atoms with van der Waals surface area (Å²) in [6, 6.07) is 5.28. The van der Waals surface area contributed by atoms with Gasteiger partial charge < -0.3 is 14.8 Å². The van der Waals surface area contributed by atoms with Gasteiger partial charge in [-0.2, -0.15) is 0 Å². The van der Waals surface area contributed by atoms with Crippen LogP contribution in [0.4, 0.5) is 0 Å².